The molecule has 3 rings (SSSR count). The second-order valence-corrected chi connectivity index (χ2v) is 7.92. The van der Waals surface area contributed by atoms with Crippen molar-refractivity contribution < 1.29 is 28.1 Å². The number of alkyl halides is 3. The first-order valence-corrected chi connectivity index (χ1v) is 9.42. The van der Waals surface area contributed by atoms with E-state index in [1.165, 1.54) is 18.2 Å². The molecule has 5 nitrogen and oxygen atoms in total. The Hall–Kier alpha value is -1.67. The van der Waals surface area contributed by atoms with Crippen molar-refractivity contribution >= 4 is 11.4 Å². The van der Waals surface area contributed by atoms with E-state index in [0.717, 1.165) is 51.6 Å². The van der Waals surface area contributed by atoms with Crippen LogP contribution in [0.2, 0.25) is 0 Å². The Labute approximate surface area is 156 Å². The Morgan fingerprint density at radius 3 is 2.33 bits per heavy atom. The van der Waals surface area contributed by atoms with Gasteiger partial charge in [-0.2, -0.15) is 0 Å². The molecule has 1 spiro atoms. The molecular weight excluding hydrogens is 361 g/mol. The van der Waals surface area contributed by atoms with Crippen molar-refractivity contribution in [2.24, 2.45) is 11.3 Å². The average molecular weight is 388 g/mol. The average Bonchev–Trinajstić information content (AvgIpc) is 2.58. The van der Waals surface area contributed by atoms with Crippen LogP contribution in [0.3, 0.4) is 0 Å². The molecule has 0 atom stereocenters. The maximum absolute atomic E-state index is 12.5. The summed E-state index contributed by atoms with van der Waals surface area (Å²) < 4.78 is 41.4. The van der Waals surface area contributed by atoms with Gasteiger partial charge in [0, 0.05) is 25.6 Å². The lowest BCUT2D eigenvalue weighted by Crippen LogP contribution is -2.42. The van der Waals surface area contributed by atoms with Gasteiger partial charge in [0.1, 0.15) is 5.75 Å². The Bertz CT molecular complexity index is 634. The van der Waals surface area contributed by atoms with Crippen molar-refractivity contribution in [2.45, 2.75) is 57.6 Å². The van der Waals surface area contributed by atoms with Crippen molar-refractivity contribution in [2.75, 3.05) is 23.7 Å². The molecule has 1 heterocycles. The highest BCUT2D eigenvalue weighted by molar-refractivity contribution is 5.69. The Morgan fingerprint density at radius 2 is 1.78 bits per heavy atom. The van der Waals surface area contributed by atoms with Crippen LogP contribution in [0.4, 0.5) is 24.5 Å². The van der Waals surface area contributed by atoms with Gasteiger partial charge in [-0.15, -0.1) is 13.2 Å². The zero-order chi connectivity index (χ0) is 19.7. The molecule has 8 heteroatoms. The number of aliphatic hydroxyl groups is 2. The number of halogens is 3. The highest BCUT2D eigenvalue weighted by Crippen LogP contribution is 2.48. The molecule has 2 fully saturated rings. The van der Waals surface area contributed by atoms with E-state index in [4.69, 9.17) is 15.9 Å². The number of piperidine rings is 1. The molecule has 1 aliphatic carbocycles. The largest absolute Gasteiger partial charge is 0.573 e. The molecule has 152 valence electrons. The Balaban J connectivity index is 1.60. The van der Waals surface area contributed by atoms with Crippen LogP contribution in [0, 0.1) is 11.3 Å². The summed E-state index contributed by atoms with van der Waals surface area (Å²) in [7, 11) is 0. The topological polar surface area (TPSA) is 79.0 Å². The molecule has 1 aliphatic heterocycles. The second-order valence-electron chi connectivity index (χ2n) is 7.92. The molecular formula is C19H27F3N2O3. The van der Waals surface area contributed by atoms with E-state index in [0.29, 0.717) is 23.7 Å². The minimum Gasteiger partial charge on any atom is -0.406 e. The van der Waals surface area contributed by atoms with Gasteiger partial charge in [-0.05, 0) is 62.0 Å². The number of ether oxygens (including phenoxy) is 1. The van der Waals surface area contributed by atoms with Gasteiger partial charge in [0.25, 0.3) is 0 Å². The maximum atomic E-state index is 12.5. The Kier molecular flexibility index (Phi) is 5.76. The lowest BCUT2D eigenvalue weighted by atomic mass is 9.65. The number of anilines is 2. The van der Waals surface area contributed by atoms with Crippen LogP contribution in [0.15, 0.2) is 18.2 Å². The number of hydrogen-bond acceptors (Lipinski definition) is 5. The van der Waals surface area contributed by atoms with Gasteiger partial charge in [0.2, 0.25) is 0 Å². The fourth-order valence-electron chi connectivity index (χ4n) is 4.54. The zero-order valence-electron chi connectivity index (χ0n) is 15.2. The number of nitrogen functional groups attached to an aromatic ring is 1. The van der Waals surface area contributed by atoms with E-state index in [1.54, 1.807) is 0 Å². The second kappa shape index (κ2) is 7.75. The molecule has 0 aromatic heterocycles. The monoisotopic (exact) mass is 388 g/mol. The summed E-state index contributed by atoms with van der Waals surface area (Å²) in [5.41, 5.74) is 7.28. The molecule has 1 saturated heterocycles. The molecule has 0 amide bonds. The third-order valence-corrected chi connectivity index (χ3v) is 6.11. The number of aliphatic hydroxyl groups excluding tert-OH is 1. The first-order chi connectivity index (χ1) is 12.7. The van der Waals surface area contributed by atoms with Gasteiger partial charge in [0.15, 0.2) is 6.29 Å². The van der Waals surface area contributed by atoms with E-state index in [2.05, 4.69) is 4.74 Å². The predicted molar refractivity (Wildman–Crippen MR) is 96.2 cm³/mol. The normalized spacial score (nSPS) is 21.0. The van der Waals surface area contributed by atoms with Crippen molar-refractivity contribution in [3.63, 3.8) is 0 Å². The van der Waals surface area contributed by atoms with Crippen LogP contribution >= 0.6 is 0 Å². The fraction of sp³-hybridized carbons (Fsp3) is 0.684. The molecule has 0 radical (unpaired) electrons. The minimum atomic E-state index is -4.72. The predicted octanol–water partition coefficient (Wildman–Crippen LogP) is 3.65. The summed E-state index contributed by atoms with van der Waals surface area (Å²) in [5.74, 6) is 0.107. The maximum Gasteiger partial charge on any atom is 0.573 e. The van der Waals surface area contributed by atoms with E-state index in [9.17, 15) is 13.2 Å². The third-order valence-electron chi connectivity index (χ3n) is 6.11. The molecule has 1 aromatic carbocycles. The van der Waals surface area contributed by atoms with Crippen LogP contribution in [-0.2, 0) is 0 Å². The van der Waals surface area contributed by atoms with Crippen LogP contribution in [0.1, 0.15) is 44.9 Å². The van der Waals surface area contributed by atoms with Crippen LogP contribution in [0.5, 0.6) is 5.75 Å². The summed E-state index contributed by atoms with van der Waals surface area (Å²) >= 11 is 0. The van der Waals surface area contributed by atoms with Gasteiger partial charge in [-0.25, -0.2) is 0 Å². The highest BCUT2D eigenvalue weighted by Gasteiger charge is 2.39. The van der Waals surface area contributed by atoms with Gasteiger partial charge in [-0.3, -0.25) is 0 Å². The highest BCUT2D eigenvalue weighted by atomic mass is 19.4. The number of hydrogen-bond donors (Lipinski definition) is 3. The summed E-state index contributed by atoms with van der Waals surface area (Å²) in [6, 6.07) is 4.04. The number of nitrogens with zero attached hydrogens (tertiary/aromatic N) is 1. The summed E-state index contributed by atoms with van der Waals surface area (Å²) in [6.45, 7) is 1.49. The Morgan fingerprint density at radius 1 is 1.15 bits per heavy atom. The van der Waals surface area contributed by atoms with Gasteiger partial charge in [-0.1, -0.05) is 0 Å². The SMILES string of the molecule is Nc1ccc(OC(F)(F)F)cc1N1CCC2(CCC(CC(O)O)CC2)CC1. The standard InChI is InChI=1S/C19H27F3N2O3/c20-19(21,22)27-14-1-2-15(23)16(12-14)24-9-7-18(8-10-24)5-3-13(4-6-18)11-17(25)26/h1-2,12-13,17,25-26H,3-11,23H2. The minimum absolute atomic E-state index is 0.252. The summed E-state index contributed by atoms with van der Waals surface area (Å²) in [4.78, 5) is 2.04. The van der Waals surface area contributed by atoms with Crippen molar-refractivity contribution in [3.05, 3.63) is 18.2 Å². The number of benzene rings is 1. The molecule has 1 aromatic rings. The molecule has 2 aliphatic rings. The molecule has 4 N–H and O–H groups in total. The first kappa shape index (κ1) is 20.1. The van der Waals surface area contributed by atoms with E-state index in [-0.39, 0.29) is 11.2 Å². The zero-order valence-corrected chi connectivity index (χ0v) is 15.2. The quantitative estimate of drug-likeness (QED) is 0.542. The van der Waals surface area contributed by atoms with Crippen molar-refractivity contribution in [1.29, 1.82) is 0 Å². The summed E-state index contributed by atoms with van der Waals surface area (Å²) in [5, 5.41) is 18.3. The van der Waals surface area contributed by atoms with Gasteiger partial charge >= 0.3 is 6.36 Å². The third kappa shape index (κ3) is 5.19. The summed E-state index contributed by atoms with van der Waals surface area (Å²) in [6.07, 6.45) is 0.514. The van der Waals surface area contributed by atoms with Crippen molar-refractivity contribution in [3.8, 4) is 5.75 Å². The molecule has 1 saturated carbocycles. The van der Waals surface area contributed by atoms with Gasteiger partial charge < -0.3 is 25.6 Å². The lowest BCUT2D eigenvalue weighted by Gasteiger charge is -2.47. The van der Waals surface area contributed by atoms with Crippen LogP contribution < -0.4 is 15.4 Å². The first-order valence-electron chi connectivity index (χ1n) is 9.42. The molecule has 27 heavy (non-hydrogen) atoms. The number of nitrogens with two attached hydrogens (primary N) is 1. The van der Waals surface area contributed by atoms with Crippen molar-refractivity contribution in [1.82, 2.24) is 0 Å². The number of rotatable bonds is 4. The molecule has 0 bridgehead atoms. The lowest BCUT2D eigenvalue weighted by molar-refractivity contribution is -0.274. The van der Waals surface area contributed by atoms with Crippen LogP contribution in [0.25, 0.3) is 0 Å². The smallest absolute Gasteiger partial charge is 0.406 e. The van der Waals surface area contributed by atoms with Gasteiger partial charge in [0.05, 0.1) is 11.4 Å². The molecule has 0 unspecified atom stereocenters. The van der Waals surface area contributed by atoms with Crippen LogP contribution in [-0.4, -0.2) is 36.0 Å². The van der Waals surface area contributed by atoms with E-state index in [1.807, 2.05) is 4.90 Å². The van der Waals surface area contributed by atoms with E-state index < -0.39 is 12.7 Å². The fourth-order valence-corrected chi connectivity index (χ4v) is 4.54. The van der Waals surface area contributed by atoms with E-state index >= 15 is 0 Å².